The molecule has 1 N–H and O–H groups in total. The van der Waals surface area contributed by atoms with E-state index in [0.717, 1.165) is 32.5 Å². The maximum atomic E-state index is 12.4. The predicted molar refractivity (Wildman–Crippen MR) is 86.6 cm³/mol. The van der Waals surface area contributed by atoms with E-state index < -0.39 is 0 Å². The van der Waals surface area contributed by atoms with Crippen molar-refractivity contribution in [3.05, 3.63) is 35.4 Å². The number of carbonyl (C=O) groups excluding carboxylic acids is 1. The van der Waals surface area contributed by atoms with Gasteiger partial charge in [-0.25, -0.2) is 0 Å². The Kier molecular flexibility index (Phi) is 4.24. The summed E-state index contributed by atoms with van der Waals surface area (Å²) in [6, 6.07) is 8.28. The van der Waals surface area contributed by atoms with E-state index in [-0.39, 0.29) is 18.1 Å². The molecular formula is C18H26N2O2. The Hall–Kier alpha value is -1.39. The molecule has 1 aromatic carbocycles. The lowest BCUT2D eigenvalue weighted by molar-refractivity contribution is -0.143. The molecule has 0 bridgehead atoms. The van der Waals surface area contributed by atoms with Crippen LogP contribution in [0.2, 0.25) is 0 Å². The van der Waals surface area contributed by atoms with Crippen LogP contribution in [0.1, 0.15) is 24.0 Å². The SMILES string of the molecule is Cc1ccccc1CCC(=O)N1CC2(C[C@@H](CO)CN2C)C1. The zero-order chi connectivity index (χ0) is 15.7. The van der Waals surface area contributed by atoms with Crippen LogP contribution in [0.4, 0.5) is 0 Å². The molecule has 0 aromatic heterocycles. The van der Waals surface area contributed by atoms with Gasteiger partial charge in [-0.1, -0.05) is 24.3 Å². The Bertz CT molecular complexity index is 552. The molecule has 0 unspecified atom stereocenters. The van der Waals surface area contributed by atoms with Crippen LogP contribution in [0, 0.1) is 12.8 Å². The van der Waals surface area contributed by atoms with Gasteiger partial charge in [0.15, 0.2) is 0 Å². The number of benzene rings is 1. The fourth-order valence-corrected chi connectivity index (χ4v) is 3.96. The van der Waals surface area contributed by atoms with Gasteiger partial charge in [0.05, 0.1) is 5.54 Å². The quantitative estimate of drug-likeness (QED) is 0.915. The summed E-state index contributed by atoms with van der Waals surface area (Å²) in [5.41, 5.74) is 2.66. The molecule has 2 fully saturated rings. The van der Waals surface area contributed by atoms with Crippen LogP contribution < -0.4 is 0 Å². The lowest BCUT2D eigenvalue weighted by Crippen LogP contribution is -2.68. The van der Waals surface area contributed by atoms with Gasteiger partial charge in [0.25, 0.3) is 0 Å². The zero-order valence-electron chi connectivity index (χ0n) is 13.6. The van der Waals surface area contributed by atoms with Gasteiger partial charge in [-0.3, -0.25) is 9.69 Å². The second kappa shape index (κ2) is 6.01. The summed E-state index contributed by atoms with van der Waals surface area (Å²) in [7, 11) is 2.12. The first-order valence-corrected chi connectivity index (χ1v) is 8.18. The van der Waals surface area contributed by atoms with Crippen molar-refractivity contribution in [3.8, 4) is 0 Å². The first kappa shape index (κ1) is 15.5. The molecule has 4 heteroatoms. The molecule has 4 nitrogen and oxygen atoms in total. The fraction of sp³-hybridized carbons (Fsp3) is 0.611. The monoisotopic (exact) mass is 302 g/mol. The van der Waals surface area contributed by atoms with Crippen molar-refractivity contribution in [3.63, 3.8) is 0 Å². The Balaban J connectivity index is 1.51. The number of aryl methyl sites for hydroxylation is 2. The number of hydrogen-bond acceptors (Lipinski definition) is 3. The number of aliphatic hydroxyl groups excluding tert-OH is 1. The normalized spacial score (nSPS) is 23.8. The largest absolute Gasteiger partial charge is 0.396 e. The summed E-state index contributed by atoms with van der Waals surface area (Å²) in [6.45, 7) is 4.95. The van der Waals surface area contributed by atoms with Gasteiger partial charge in [0, 0.05) is 32.7 Å². The Morgan fingerprint density at radius 1 is 1.36 bits per heavy atom. The number of hydrogen-bond donors (Lipinski definition) is 1. The average molecular weight is 302 g/mol. The molecule has 0 saturated carbocycles. The number of likely N-dealkylation sites (tertiary alicyclic amines) is 2. The van der Waals surface area contributed by atoms with Crippen LogP contribution in [0.5, 0.6) is 0 Å². The molecule has 2 aliphatic heterocycles. The highest BCUT2D eigenvalue weighted by molar-refractivity contribution is 5.78. The van der Waals surface area contributed by atoms with Crippen molar-refractivity contribution in [1.29, 1.82) is 0 Å². The van der Waals surface area contributed by atoms with Crippen LogP contribution >= 0.6 is 0 Å². The minimum Gasteiger partial charge on any atom is -0.396 e. The van der Waals surface area contributed by atoms with Gasteiger partial charge in [0.1, 0.15) is 0 Å². The number of rotatable bonds is 4. The lowest BCUT2D eigenvalue weighted by atomic mass is 9.84. The second-order valence-electron chi connectivity index (χ2n) is 7.03. The van der Waals surface area contributed by atoms with Gasteiger partial charge in [-0.15, -0.1) is 0 Å². The lowest BCUT2D eigenvalue weighted by Gasteiger charge is -2.52. The van der Waals surface area contributed by atoms with Crippen molar-refractivity contribution in [2.24, 2.45) is 5.92 Å². The predicted octanol–water partition coefficient (Wildman–Crippen LogP) is 1.45. The minimum atomic E-state index is 0.131. The molecule has 2 aliphatic rings. The van der Waals surface area contributed by atoms with Crippen molar-refractivity contribution < 1.29 is 9.90 Å². The summed E-state index contributed by atoms with van der Waals surface area (Å²) >= 11 is 0. The summed E-state index contributed by atoms with van der Waals surface area (Å²) in [4.78, 5) is 16.7. The van der Waals surface area contributed by atoms with Crippen LogP contribution in [-0.2, 0) is 11.2 Å². The number of amides is 1. The summed E-state index contributed by atoms with van der Waals surface area (Å²) in [6.07, 6.45) is 2.43. The number of likely N-dealkylation sites (N-methyl/N-ethyl adjacent to an activating group) is 1. The van der Waals surface area contributed by atoms with Crippen molar-refractivity contribution in [2.75, 3.05) is 33.3 Å². The fourth-order valence-electron chi connectivity index (χ4n) is 3.96. The van der Waals surface area contributed by atoms with Crippen LogP contribution in [0.3, 0.4) is 0 Å². The number of nitrogens with zero attached hydrogens (tertiary/aromatic N) is 2. The summed E-state index contributed by atoms with van der Waals surface area (Å²) < 4.78 is 0. The van der Waals surface area contributed by atoms with E-state index in [1.807, 2.05) is 17.0 Å². The van der Waals surface area contributed by atoms with E-state index in [0.29, 0.717) is 12.3 Å². The molecule has 0 aliphatic carbocycles. The summed E-state index contributed by atoms with van der Waals surface area (Å²) in [5.74, 6) is 0.629. The highest BCUT2D eigenvalue weighted by Gasteiger charge is 2.52. The smallest absolute Gasteiger partial charge is 0.223 e. The zero-order valence-corrected chi connectivity index (χ0v) is 13.6. The average Bonchev–Trinajstić information content (AvgIpc) is 2.81. The molecule has 3 rings (SSSR count). The third kappa shape index (κ3) is 2.77. The van der Waals surface area contributed by atoms with E-state index in [1.165, 1.54) is 11.1 Å². The molecule has 1 spiro atoms. The minimum absolute atomic E-state index is 0.131. The standard InChI is InChI=1S/C18H26N2O2/c1-14-5-3-4-6-16(14)7-8-17(22)20-12-18(13-20)9-15(11-21)10-19(18)2/h3-6,15,21H,7-13H2,1-2H3/t15-/m1/s1. The Morgan fingerprint density at radius 2 is 2.09 bits per heavy atom. The van der Waals surface area contributed by atoms with Gasteiger partial charge in [0.2, 0.25) is 5.91 Å². The molecule has 1 amide bonds. The van der Waals surface area contributed by atoms with E-state index in [1.54, 1.807) is 0 Å². The Morgan fingerprint density at radius 3 is 2.73 bits per heavy atom. The van der Waals surface area contributed by atoms with Crippen molar-refractivity contribution in [2.45, 2.75) is 31.7 Å². The number of aliphatic hydroxyl groups is 1. The van der Waals surface area contributed by atoms with Crippen molar-refractivity contribution >= 4 is 5.91 Å². The maximum absolute atomic E-state index is 12.4. The van der Waals surface area contributed by atoms with Gasteiger partial charge in [-0.2, -0.15) is 0 Å². The molecule has 0 radical (unpaired) electrons. The molecule has 2 saturated heterocycles. The summed E-state index contributed by atoms with van der Waals surface area (Å²) in [5, 5.41) is 9.34. The van der Waals surface area contributed by atoms with Crippen LogP contribution in [0.25, 0.3) is 0 Å². The van der Waals surface area contributed by atoms with Crippen LogP contribution in [0.15, 0.2) is 24.3 Å². The third-order valence-electron chi connectivity index (χ3n) is 5.46. The van der Waals surface area contributed by atoms with E-state index in [9.17, 15) is 9.90 Å². The Labute approximate surface area is 132 Å². The molecule has 2 heterocycles. The van der Waals surface area contributed by atoms with E-state index in [2.05, 4.69) is 31.0 Å². The topological polar surface area (TPSA) is 43.8 Å². The molecule has 120 valence electrons. The third-order valence-corrected chi connectivity index (χ3v) is 5.46. The highest BCUT2D eigenvalue weighted by Crippen LogP contribution is 2.39. The molecule has 22 heavy (non-hydrogen) atoms. The van der Waals surface area contributed by atoms with Crippen molar-refractivity contribution in [1.82, 2.24) is 9.80 Å². The number of carbonyl (C=O) groups is 1. The first-order valence-electron chi connectivity index (χ1n) is 8.18. The van der Waals surface area contributed by atoms with E-state index >= 15 is 0 Å². The highest BCUT2D eigenvalue weighted by atomic mass is 16.3. The van der Waals surface area contributed by atoms with Crippen LogP contribution in [-0.4, -0.2) is 59.6 Å². The maximum Gasteiger partial charge on any atom is 0.223 e. The first-order chi connectivity index (χ1) is 10.5. The van der Waals surface area contributed by atoms with Gasteiger partial charge < -0.3 is 10.0 Å². The van der Waals surface area contributed by atoms with E-state index in [4.69, 9.17) is 0 Å². The molecule has 1 atom stereocenters. The molecule has 1 aromatic rings. The van der Waals surface area contributed by atoms with Gasteiger partial charge >= 0.3 is 0 Å². The van der Waals surface area contributed by atoms with Gasteiger partial charge in [-0.05, 0) is 43.9 Å². The second-order valence-corrected chi connectivity index (χ2v) is 7.03. The molecular weight excluding hydrogens is 276 g/mol.